The minimum atomic E-state index is -0.727. The van der Waals surface area contributed by atoms with E-state index in [4.69, 9.17) is 4.74 Å². The molecule has 6 heterocycles. The number of hydrogen-bond donors (Lipinski definition) is 3. The highest BCUT2D eigenvalue weighted by molar-refractivity contribution is 6.11. The maximum absolute atomic E-state index is 13.2. The van der Waals surface area contributed by atoms with Crippen LogP contribution < -0.4 is 10.1 Å². The summed E-state index contributed by atoms with van der Waals surface area (Å²) in [6, 6.07) is 4.13. The molecule has 5 atom stereocenters. The second kappa shape index (κ2) is 4.91. The van der Waals surface area contributed by atoms with Gasteiger partial charge in [0.2, 0.25) is 0 Å². The SMILES string of the molecule is CC1(C)CC(=O)c2c(ccc3c4c([nH]c23)C(C)(C)C2C3(C4)CN4CCCC45C(C)(N3)C25O)O1. The number of Topliss-reactive ketones (excluding diaryl/α,β-unsaturated/α-hetero) is 1. The summed E-state index contributed by atoms with van der Waals surface area (Å²) in [5.74, 6) is 0.957. The van der Waals surface area contributed by atoms with E-state index in [1.165, 1.54) is 17.7 Å². The standard InChI is InChI=1S/C27H33N3O3/c1-22(2)12-16(31)18-17(33-22)8-7-14-15-11-25-13-30-10-6-9-26(30)24(5,29-25)27(26,32)21(25)23(3,4)20(15)28-19(14)18/h7-8,21,28-29,32H,6,9-13H2,1-5H3. The van der Waals surface area contributed by atoms with Gasteiger partial charge >= 0.3 is 0 Å². The van der Waals surface area contributed by atoms with Crippen LogP contribution in [0.4, 0.5) is 0 Å². The van der Waals surface area contributed by atoms with E-state index in [9.17, 15) is 9.90 Å². The van der Waals surface area contributed by atoms with E-state index >= 15 is 0 Å². The molecular weight excluding hydrogens is 414 g/mol. The number of ether oxygens (including phenoxy) is 1. The number of H-pyrrole nitrogens is 1. The van der Waals surface area contributed by atoms with Gasteiger partial charge in [-0.25, -0.2) is 0 Å². The van der Waals surface area contributed by atoms with Crippen molar-refractivity contribution in [3.63, 3.8) is 0 Å². The van der Waals surface area contributed by atoms with Crippen molar-refractivity contribution < 1.29 is 14.6 Å². The number of aliphatic hydroxyl groups is 1. The average molecular weight is 448 g/mol. The van der Waals surface area contributed by atoms with Crippen molar-refractivity contribution in [2.24, 2.45) is 5.92 Å². The lowest BCUT2D eigenvalue weighted by atomic mass is 9.55. The smallest absolute Gasteiger partial charge is 0.172 e. The zero-order valence-corrected chi connectivity index (χ0v) is 20.2. The summed E-state index contributed by atoms with van der Waals surface area (Å²) < 4.78 is 6.21. The molecule has 174 valence electrons. The van der Waals surface area contributed by atoms with Crippen LogP contribution >= 0.6 is 0 Å². The molecule has 2 aliphatic carbocycles. The van der Waals surface area contributed by atoms with Gasteiger partial charge in [0.05, 0.1) is 28.6 Å². The van der Waals surface area contributed by atoms with Crippen LogP contribution in [0.5, 0.6) is 5.75 Å². The van der Waals surface area contributed by atoms with E-state index in [1.807, 2.05) is 19.9 Å². The summed E-state index contributed by atoms with van der Waals surface area (Å²) in [5.41, 5.74) is 2.13. The highest BCUT2D eigenvalue weighted by atomic mass is 16.5. The summed E-state index contributed by atoms with van der Waals surface area (Å²) in [7, 11) is 0. The van der Waals surface area contributed by atoms with Gasteiger partial charge in [-0.15, -0.1) is 0 Å². The van der Waals surface area contributed by atoms with E-state index in [1.54, 1.807) is 0 Å². The minimum absolute atomic E-state index is 0.123. The Morgan fingerprint density at radius 3 is 2.73 bits per heavy atom. The van der Waals surface area contributed by atoms with E-state index in [-0.39, 0.29) is 33.7 Å². The van der Waals surface area contributed by atoms with Crippen LogP contribution in [0.3, 0.4) is 0 Å². The maximum Gasteiger partial charge on any atom is 0.172 e. The van der Waals surface area contributed by atoms with Crippen LogP contribution in [0, 0.1) is 5.92 Å². The Hall–Kier alpha value is -1.89. The third-order valence-electron chi connectivity index (χ3n) is 10.8. The number of aromatic nitrogens is 1. The summed E-state index contributed by atoms with van der Waals surface area (Å²) in [4.78, 5) is 19.6. The molecule has 5 fully saturated rings. The highest BCUT2D eigenvalue weighted by Crippen LogP contribution is 2.80. The number of piperazine rings is 1. The number of nitrogens with one attached hydrogen (secondary N) is 2. The number of ketones is 1. The molecule has 1 aromatic carbocycles. The quantitative estimate of drug-likeness (QED) is 0.579. The third-order valence-corrected chi connectivity index (χ3v) is 10.8. The number of hydrogen-bond acceptors (Lipinski definition) is 5. The van der Waals surface area contributed by atoms with Crippen molar-refractivity contribution in [1.82, 2.24) is 15.2 Å². The first-order valence-corrected chi connectivity index (χ1v) is 12.6. The number of rotatable bonds is 0. The first-order chi connectivity index (χ1) is 15.4. The topological polar surface area (TPSA) is 77.6 Å². The predicted octanol–water partition coefficient (Wildman–Crippen LogP) is 3.06. The van der Waals surface area contributed by atoms with Crippen LogP contribution in [-0.2, 0) is 11.8 Å². The summed E-state index contributed by atoms with van der Waals surface area (Å²) in [5, 5.41) is 17.6. The van der Waals surface area contributed by atoms with E-state index in [0.717, 1.165) is 36.8 Å². The summed E-state index contributed by atoms with van der Waals surface area (Å²) >= 11 is 0. The van der Waals surface area contributed by atoms with Crippen LogP contribution in [0.2, 0.25) is 0 Å². The van der Waals surface area contributed by atoms with Gasteiger partial charge in [-0.2, -0.15) is 0 Å². The van der Waals surface area contributed by atoms with E-state index in [0.29, 0.717) is 17.7 Å². The Balaban J connectivity index is 1.36. The Bertz CT molecular complexity index is 1330. The molecule has 3 N–H and O–H groups in total. The first-order valence-electron chi connectivity index (χ1n) is 12.6. The second-order valence-corrected chi connectivity index (χ2v) is 13.2. The number of nitrogens with zero attached hydrogens (tertiary/aromatic N) is 1. The molecule has 7 aliphatic rings. The summed E-state index contributed by atoms with van der Waals surface area (Å²) in [6.07, 6.45) is 3.50. The van der Waals surface area contributed by atoms with Gasteiger partial charge < -0.3 is 14.8 Å². The van der Waals surface area contributed by atoms with E-state index < -0.39 is 11.2 Å². The predicted molar refractivity (Wildman–Crippen MR) is 125 cm³/mol. The molecule has 4 saturated heterocycles. The van der Waals surface area contributed by atoms with Crippen LogP contribution in [-0.4, -0.2) is 61.7 Å². The summed E-state index contributed by atoms with van der Waals surface area (Å²) in [6.45, 7) is 12.9. The molecule has 9 rings (SSSR count). The van der Waals surface area contributed by atoms with Gasteiger partial charge in [0.15, 0.2) is 5.78 Å². The molecule has 2 aromatic rings. The Morgan fingerprint density at radius 2 is 1.94 bits per heavy atom. The maximum atomic E-state index is 13.2. The number of aromatic amines is 1. The fraction of sp³-hybridized carbons (Fsp3) is 0.667. The normalized spacial score (nSPS) is 45.3. The Labute approximate surface area is 194 Å². The lowest BCUT2D eigenvalue weighted by Crippen LogP contribution is -2.75. The average Bonchev–Trinajstić information content (AvgIpc) is 3.15. The van der Waals surface area contributed by atoms with Crippen molar-refractivity contribution in [3.05, 3.63) is 29.0 Å². The molecule has 0 amide bonds. The third kappa shape index (κ3) is 1.68. The van der Waals surface area contributed by atoms with Crippen LogP contribution in [0.1, 0.15) is 75.5 Å². The Morgan fingerprint density at radius 1 is 1.15 bits per heavy atom. The Kier molecular flexibility index (Phi) is 2.89. The van der Waals surface area contributed by atoms with Gasteiger partial charge in [-0.1, -0.05) is 13.8 Å². The number of piperidine rings is 2. The van der Waals surface area contributed by atoms with Gasteiger partial charge in [-0.3, -0.25) is 15.0 Å². The molecule has 1 aromatic heterocycles. The number of carbonyl (C=O) groups excluding carboxylic acids is 1. The molecular formula is C27H33N3O3. The molecule has 5 aliphatic heterocycles. The second-order valence-electron chi connectivity index (χ2n) is 13.2. The molecule has 6 heteroatoms. The molecule has 2 spiro atoms. The molecule has 33 heavy (non-hydrogen) atoms. The van der Waals surface area contributed by atoms with Crippen molar-refractivity contribution in [1.29, 1.82) is 0 Å². The van der Waals surface area contributed by atoms with Gasteiger partial charge in [0.25, 0.3) is 0 Å². The minimum Gasteiger partial charge on any atom is -0.487 e. The molecule has 1 saturated carbocycles. The van der Waals surface area contributed by atoms with Gasteiger partial charge in [-0.05, 0) is 64.3 Å². The largest absolute Gasteiger partial charge is 0.487 e. The highest BCUT2D eigenvalue weighted by Gasteiger charge is 2.99. The molecule has 5 unspecified atom stereocenters. The number of fused-ring (bicyclic) bond motifs is 5. The van der Waals surface area contributed by atoms with Crippen molar-refractivity contribution >= 4 is 16.7 Å². The van der Waals surface area contributed by atoms with Crippen molar-refractivity contribution in [2.75, 3.05) is 13.1 Å². The number of benzene rings is 1. The van der Waals surface area contributed by atoms with Crippen LogP contribution in [0.15, 0.2) is 12.1 Å². The molecule has 4 bridgehead atoms. The van der Waals surface area contributed by atoms with Crippen LogP contribution in [0.25, 0.3) is 10.9 Å². The lowest BCUT2D eigenvalue weighted by molar-refractivity contribution is -0.0916. The molecule has 0 radical (unpaired) electrons. The van der Waals surface area contributed by atoms with Gasteiger partial charge in [0, 0.05) is 34.5 Å². The zero-order valence-electron chi connectivity index (χ0n) is 20.2. The number of carbonyl (C=O) groups is 1. The molecule has 6 nitrogen and oxygen atoms in total. The van der Waals surface area contributed by atoms with E-state index in [2.05, 4.69) is 42.0 Å². The first kappa shape index (κ1) is 19.4. The fourth-order valence-electron chi connectivity index (χ4n) is 10.1. The lowest BCUT2D eigenvalue weighted by Gasteiger charge is -2.59. The van der Waals surface area contributed by atoms with Crippen molar-refractivity contribution in [3.8, 4) is 5.75 Å². The fourth-order valence-corrected chi connectivity index (χ4v) is 10.1. The van der Waals surface area contributed by atoms with Gasteiger partial charge in [0.1, 0.15) is 17.0 Å². The monoisotopic (exact) mass is 447 g/mol. The van der Waals surface area contributed by atoms with Crippen molar-refractivity contribution in [2.45, 2.75) is 93.5 Å². The zero-order chi connectivity index (χ0) is 23.0.